The van der Waals surface area contributed by atoms with Crippen LogP contribution in [0, 0.1) is 0 Å². The topological polar surface area (TPSA) is 76.1 Å². The van der Waals surface area contributed by atoms with Crippen molar-refractivity contribution in [1.29, 1.82) is 0 Å². The highest BCUT2D eigenvalue weighted by Crippen LogP contribution is 2.44. The molecule has 1 aliphatic heterocycles. The molecule has 7 heteroatoms. The number of hydrogen-bond acceptors (Lipinski definition) is 4. The lowest BCUT2D eigenvalue weighted by molar-refractivity contribution is -0.141. The molecule has 0 bridgehead atoms. The van der Waals surface area contributed by atoms with E-state index in [0.29, 0.717) is 11.6 Å². The van der Waals surface area contributed by atoms with Crippen LogP contribution < -0.4 is 0 Å². The fraction of sp³-hybridized carbons (Fsp3) is 0.259. The Bertz CT molecular complexity index is 1170. The van der Waals surface area contributed by atoms with Crippen LogP contribution in [0.15, 0.2) is 72.8 Å². The predicted octanol–water partition coefficient (Wildman–Crippen LogP) is 5.33. The summed E-state index contributed by atoms with van der Waals surface area (Å²) in [5.74, 6) is -1.15. The summed E-state index contributed by atoms with van der Waals surface area (Å²) in [5, 5.41) is 10.3. The van der Waals surface area contributed by atoms with Crippen molar-refractivity contribution in [2.24, 2.45) is 0 Å². The van der Waals surface area contributed by atoms with E-state index < -0.39 is 24.2 Å². The van der Waals surface area contributed by atoms with Gasteiger partial charge in [-0.2, -0.15) is 0 Å². The van der Waals surface area contributed by atoms with Crippen LogP contribution in [-0.2, 0) is 20.9 Å². The van der Waals surface area contributed by atoms with Crippen LogP contribution in [0.4, 0.5) is 4.79 Å². The average molecular weight is 478 g/mol. The fourth-order valence-corrected chi connectivity index (χ4v) is 4.95. The van der Waals surface area contributed by atoms with E-state index in [2.05, 4.69) is 12.1 Å². The molecule has 174 valence electrons. The van der Waals surface area contributed by atoms with Gasteiger partial charge in [0.1, 0.15) is 12.6 Å². The summed E-state index contributed by atoms with van der Waals surface area (Å²) in [6, 6.07) is 22.5. The molecule has 5 rings (SSSR count). The molecule has 1 heterocycles. The molecule has 0 radical (unpaired) electrons. The summed E-state index contributed by atoms with van der Waals surface area (Å²) in [7, 11) is 0. The number of aliphatic carboxylic acids is 1. The lowest BCUT2D eigenvalue weighted by atomic mass is 9.98. The Morgan fingerprint density at radius 2 is 1.56 bits per heavy atom. The molecule has 6 nitrogen and oxygen atoms in total. The summed E-state index contributed by atoms with van der Waals surface area (Å²) < 4.78 is 11.6. The number of amides is 1. The van der Waals surface area contributed by atoms with Gasteiger partial charge in [-0.1, -0.05) is 72.3 Å². The van der Waals surface area contributed by atoms with Crippen LogP contribution in [0.25, 0.3) is 11.1 Å². The third-order valence-corrected chi connectivity index (χ3v) is 6.77. The van der Waals surface area contributed by atoms with Crippen molar-refractivity contribution in [3.05, 3.63) is 94.5 Å². The first-order chi connectivity index (χ1) is 16.5. The van der Waals surface area contributed by atoms with Gasteiger partial charge in [-0.05, 0) is 39.9 Å². The molecule has 1 fully saturated rings. The number of likely N-dealkylation sites (tertiary alicyclic amines) is 1. The molecular weight excluding hydrogens is 454 g/mol. The number of fused-ring (bicyclic) bond motifs is 3. The van der Waals surface area contributed by atoms with Crippen LogP contribution in [0.5, 0.6) is 0 Å². The molecule has 34 heavy (non-hydrogen) atoms. The number of halogens is 1. The maximum Gasteiger partial charge on any atom is 0.410 e. The third kappa shape index (κ3) is 4.39. The first-order valence-electron chi connectivity index (χ1n) is 11.2. The molecule has 0 spiro atoms. The number of rotatable bonds is 6. The maximum atomic E-state index is 13.0. The summed E-state index contributed by atoms with van der Waals surface area (Å²) in [4.78, 5) is 26.1. The standard InChI is InChI=1S/C27H24ClNO5/c28-18-11-9-17(10-12-18)15-33-19-13-25(26(30)31)29(14-19)27(32)34-16-24-22-7-3-1-5-20(22)21-6-2-4-8-23(21)24/h1-12,19,24-25H,13-16H2,(H,30,31)/t19-,25+/m1/s1. The number of carbonyl (C=O) groups excluding carboxylic acids is 1. The molecule has 0 unspecified atom stereocenters. The minimum absolute atomic E-state index is 0.0841. The monoisotopic (exact) mass is 477 g/mol. The van der Waals surface area contributed by atoms with Gasteiger partial charge in [0.25, 0.3) is 0 Å². The highest BCUT2D eigenvalue weighted by molar-refractivity contribution is 6.30. The molecule has 2 aliphatic rings. The number of benzene rings is 3. The van der Waals surface area contributed by atoms with Crippen LogP contribution >= 0.6 is 11.6 Å². The van der Waals surface area contributed by atoms with Crippen molar-refractivity contribution in [2.75, 3.05) is 13.2 Å². The minimum atomic E-state index is -1.06. The second-order valence-corrected chi connectivity index (χ2v) is 9.04. The average Bonchev–Trinajstić information content (AvgIpc) is 3.42. The zero-order valence-electron chi connectivity index (χ0n) is 18.4. The zero-order valence-corrected chi connectivity index (χ0v) is 19.1. The van der Waals surface area contributed by atoms with E-state index in [-0.39, 0.29) is 25.5 Å². The maximum absolute atomic E-state index is 13.0. The number of carboxylic acids is 1. The van der Waals surface area contributed by atoms with Gasteiger partial charge >= 0.3 is 12.1 Å². The number of carbonyl (C=O) groups is 2. The highest BCUT2D eigenvalue weighted by atomic mass is 35.5. The lowest BCUT2D eigenvalue weighted by Crippen LogP contribution is -2.41. The zero-order chi connectivity index (χ0) is 23.7. The van der Waals surface area contributed by atoms with E-state index in [1.54, 1.807) is 12.1 Å². The van der Waals surface area contributed by atoms with Gasteiger partial charge in [-0.3, -0.25) is 4.90 Å². The van der Waals surface area contributed by atoms with E-state index in [1.165, 1.54) is 4.90 Å². The third-order valence-electron chi connectivity index (χ3n) is 6.52. The first-order valence-corrected chi connectivity index (χ1v) is 11.6. The van der Waals surface area contributed by atoms with Crippen molar-refractivity contribution in [3.63, 3.8) is 0 Å². The Hall–Kier alpha value is -3.35. The van der Waals surface area contributed by atoms with Crippen molar-refractivity contribution in [3.8, 4) is 11.1 Å². The minimum Gasteiger partial charge on any atom is -0.480 e. The lowest BCUT2D eigenvalue weighted by Gasteiger charge is -2.22. The molecule has 0 saturated carbocycles. The van der Waals surface area contributed by atoms with E-state index in [1.807, 2.05) is 48.5 Å². The van der Waals surface area contributed by atoms with Gasteiger partial charge in [0.15, 0.2) is 0 Å². The Balaban J connectivity index is 1.25. The summed E-state index contributed by atoms with van der Waals surface area (Å²) >= 11 is 5.92. The normalized spacial score (nSPS) is 19.0. The van der Waals surface area contributed by atoms with Gasteiger partial charge in [0, 0.05) is 17.4 Å². The second kappa shape index (κ2) is 9.49. The predicted molar refractivity (Wildman–Crippen MR) is 128 cm³/mol. The molecule has 1 aliphatic carbocycles. The van der Waals surface area contributed by atoms with E-state index in [9.17, 15) is 14.7 Å². The molecular formula is C27H24ClNO5. The van der Waals surface area contributed by atoms with Gasteiger partial charge in [-0.15, -0.1) is 0 Å². The van der Waals surface area contributed by atoms with Crippen molar-refractivity contribution in [1.82, 2.24) is 4.90 Å². The SMILES string of the molecule is O=C(O)[C@@H]1C[C@@H](OCc2ccc(Cl)cc2)CN1C(=O)OCC1c2ccccc2-c2ccccc21. The molecule has 1 amide bonds. The van der Waals surface area contributed by atoms with E-state index >= 15 is 0 Å². The molecule has 2 atom stereocenters. The number of ether oxygens (including phenoxy) is 2. The Labute approximate surface area is 202 Å². The van der Waals surface area contributed by atoms with Gasteiger partial charge in [0.05, 0.1) is 19.3 Å². The smallest absolute Gasteiger partial charge is 0.410 e. The second-order valence-electron chi connectivity index (χ2n) is 8.61. The molecule has 1 saturated heterocycles. The Morgan fingerprint density at radius 3 is 2.18 bits per heavy atom. The van der Waals surface area contributed by atoms with Gasteiger partial charge < -0.3 is 14.6 Å². The van der Waals surface area contributed by atoms with Crippen molar-refractivity contribution >= 4 is 23.7 Å². The molecule has 0 aromatic heterocycles. The van der Waals surface area contributed by atoms with Crippen LogP contribution in [0.2, 0.25) is 5.02 Å². The van der Waals surface area contributed by atoms with Crippen molar-refractivity contribution in [2.45, 2.75) is 31.1 Å². The summed E-state index contributed by atoms with van der Waals surface area (Å²) in [5.41, 5.74) is 5.42. The summed E-state index contributed by atoms with van der Waals surface area (Å²) in [6.45, 7) is 0.625. The molecule has 3 aromatic rings. The fourth-order valence-electron chi connectivity index (χ4n) is 4.83. The highest BCUT2D eigenvalue weighted by Gasteiger charge is 2.41. The first kappa shape index (κ1) is 22.4. The van der Waals surface area contributed by atoms with Crippen LogP contribution in [-0.4, -0.2) is 47.4 Å². The van der Waals surface area contributed by atoms with Gasteiger partial charge in [-0.25, -0.2) is 9.59 Å². The van der Waals surface area contributed by atoms with Crippen molar-refractivity contribution < 1.29 is 24.2 Å². The van der Waals surface area contributed by atoms with E-state index in [4.69, 9.17) is 21.1 Å². The van der Waals surface area contributed by atoms with Crippen LogP contribution in [0.3, 0.4) is 0 Å². The van der Waals surface area contributed by atoms with Crippen LogP contribution in [0.1, 0.15) is 29.0 Å². The largest absolute Gasteiger partial charge is 0.480 e. The molecule has 1 N–H and O–H groups in total. The number of nitrogens with zero attached hydrogens (tertiary/aromatic N) is 1. The number of carboxylic acid groups (broad SMARTS) is 1. The van der Waals surface area contributed by atoms with Gasteiger partial charge in [0.2, 0.25) is 0 Å². The quantitative estimate of drug-likeness (QED) is 0.519. The molecule has 3 aromatic carbocycles. The van der Waals surface area contributed by atoms with E-state index in [0.717, 1.165) is 27.8 Å². The number of hydrogen-bond donors (Lipinski definition) is 1. The Morgan fingerprint density at radius 1 is 0.941 bits per heavy atom. The Kier molecular flexibility index (Phi) is 6.26. The summed E-state index contributed by atoms with van der Waals surface area (Å²) in [6.07, 6.45) is -0.809.